The molecule has 0 unspecified atom stereocenters. The Labute approximate surface area is 144 Å². The second-order valence-corrected chi connectivity index (χ2v) is 5.87. The Morgan fingerprint density at radius 2 is 1.96 bits per heavy atom. The first-order valence-corrected chi connectivity index (χ1v) is 8.04. The SMILES string of the molecule is CCCOc1c(OC)cccc1-c1nc2cc(Cl)c(Cl)cc2[nH]1. The van der Waals surface area contributed by atoms with Gasteiger partial charge in [0.25, 0.3) is 0 Å². The third-order valence-corrected chi connectivity index (χ3v) is 4.15. The molecular formula is C17H16Cl2N2O2. The third kappa shape index (κ3) is 3.09. The van der Waals surface area contributed by atoms with E-state index >= 15 is 0 Å². The van der Waals surface area contributed by atoms with Gasteiger partial charge in [0.2, 0.25) is 0 Å². The van der Waals surface area contributed by atoms with Crippen LogP contribution in [-0.4, -0.2) is 23.7 Å². The van der Waals surface area contributed by atoms with Gasteiger partial charge in [-0.2, -0.15) is 0 Å². The normalized spacial score (nSPS) is 11.0. The van der Waals surface area contributed by atoms with Crippen LogP contribution < -0.4 is 9.47 Å². The maximum Gasteiger partial charge on any atom is 0.172 e. The summed E-state index contributed by atoms with van der Waals surface area (Å²) in [6.45, 7) is 2.66. The molecule has 2 aromatic carbocycles. The Balaban J connectivity index is 2.14. The molecule has 0 saturated carbocycles. The van der Waals surface area contributed by atoms with Gasteiger partial charge in [-0.15, -0.1) is 0 Å². The minimum Gasteiger partial charge on any atom is -0.493 e. The summed E-state index contributed by atoms with van der Waals surface area (Å²) in [4.78, 5) is 7.85. The number of ether oxygens (including phenoxy) is 2. The van der Waals surface area contributed by atoms with Crippen molar-refractivity contribution in [2.45, 2.75) is 13.3 Å². The molecule has 120 valence electrons. The van der Waals surface area contributed by atoms with Gasteiger partial charge in [0.05, 0.1) is 40.4 Å². The number of rotatable bonds is 5. The van der Waals surface area contributed by atoms with Gasteiger partial charge in [0.15, 0.2) is 11.5 Å². The number of para-hydroxylation sites is 1. The van der Waals surface area contributed by atoms with Crippen LogP contribution in [-0.2, 0) is 0 Å². The summed E-state index contributed by atoms with van der Waals surface area (Å²) < 4.78 is 11.3. The number of nitrogens with one attached hydrogen (secondary N) is 1. The maximum absolute atomic E-state index is 6.07. The van der Waals surface area contributed by atoms with Crippen LogP contribution in [0.15, 0.2) is 30.3 Å². The Morgan fingerprint density at radius 3 is 2.70 bits per heavy atom. The monoisotopic (exact) mass is 350 g/mol. The van der Waals surface area contributed by atoms with Gasteiger partial charge >= 0.3 is 0 Å². The van der Waals surface area contributed by atoms with Crippen LogP contribution in [0.1, 0.15) is 13.3 Å². The molecule has 6 heteroatoms. The van der Waals surface area contributed by atoms with Crippen molar-refractivity contribution < 1.29 is 9.47 Å². The Hall–Kier alpha value is -1.91. The lowest BCUT2D eigenvalue weighted by atomic mass is 10.1. The van der Waals surface area contributed by atoms with E-state index < -0.39 is 0 Å². The van der Waals surface area contributed by atoms with Crippen molar-refractivity contribution in [2.24, 2.45) is 0 Å². The average Bonchev–Trinajstić information content (AvgIpc) is 2.95. The molecule has 0 fully saturated rings. The molecule has 1 heterocycles. The highest BCUT2D eigenvalue weighted by Gasteiger charge is 2.16. The lowest BCUT2D eigenvalue weighted by Crippen LogP contribution is -2.00. The summed E-state index contributed by atoms with van der Waals surface area (Å²) in [5.74, 6) is 2.03. The summed E-state index contributed by atoms with van der Waals surface area (Å²) in [6.07, 6.45) is 0.906. The van der Waals surface area contributed by atoms with Gasteiger partial charge in [-0.1, -0.05) is 36.2 Å². The first-order valence-electron chi connectivity index (χ1n) is 7.29. The van der Waals surface area contributed by atoms with Crippen LogP contribution in [0.25, 0.3) is 22.4 Å². The van der Waals surface area contributed by atoms with E-state index in [1.807, 2.05) is 18.2 Å². The van der Waals surface area contributed by atoms with Gasteiger partial charge in [0, 0.05) is 0 Å². The molecule has 0 amide bonds. The zero-order valence-corrected chi connectivity index (χ0v) is 14.3. The molecule has 0 aliphatic carbocycles. The van der Waals surface area contributed by atoms with Gasteiger partial charge < -0.3 is 14.5 Å². The number of benzene rings is 2. The van der Waals surface area contributed by atoms with Crippen molar-refractivity contribution in [1.82, 2.24) is 9.97 Å². The molecule has 0 saturated heterocycles. The van der Waals surface area contributed by atoms with E-state index in [1.165, 1.54) is 0 Å². The number of aromatic nitrogens is 2. The number of methoxy groups -OCH3 is 1. The summed E-state index contributed by atoms with van der Waals surface area (Å²) in [6, 6.07) is 9.22. The lowest BCUT2D eigenvalue weighted by Gasteiger charge is -2.13. The number of imidazole rings is 1. The zero-order valence-electron chi connectivity index (χ0n) is 12.8. The van der Waals surface area contributed by atoms with E-state index in [-0.39, 0.29) is 0 Å². The molecular weight excluding hydrogens is 335 g/mol. The summed E-state index contributed by atoms with van der Waals surface area (Å²) >= 11 is 12.1. The fraction of sp³-hybridized carbons (Fsp3) is 0.235. The standard InChI is InChI=1S/C17H16Cl2N2O2/c1-3-7-23-16-10(5-4-6-15(16)22-2)17-20-13-8-11(18)12(19)9-14(13)21-17/h4-6,8-9H,3,7H2,1-2H3,(H,20,21). The fourth-order valence-corrected chi connectivity index (χ4v) is 2.67. The van der Waals surface area contributed by atoms with Crippen LogP contribution in [0.2, 0.25) is 10.0 Å². The molecule has 3 rings (SSSR count). The Kier molecular flexibility index (Phi) is 4.64. The van der Waals surface area contributed by atoms with E-state index in [1.54, 1.807) is 19.2 Å². The van der Waals surface area contributed by atoms with Gasteiger partial charge in [-0.25, -0.2) is 4.98 Å². The summed E-state index contributed by atoms with van der Waals surface area (Å²) in [7, 11) is 1.62. The molecule has 0 spiro atoms. The zero-order chi connectivity index (χ0) is 16.4. The minimum absolute atomic E-state index is 0.477. The Morgan fingerprint density at radius 1 is 1.17 bits per heavy atom. The van der Waals surface area contributed by atoms with E-state index in [0.717, 1.165) is 23.0 Å². The molecule has 0 bridgehead atoms. The number of nitrogens with zero attached hydrogens (tertiary/aromatic N) is 1. The van der Waals surface area contributed by atoms with Crippen molar-refractivity contribution in [3.63, 3.8) is 0 Å². The van der Waals surface area contributed by atoms with Gasteiger partial charge in [-0.3, -0.25) is 0 Å². The van der Waals surface area contributed by atoms with E-state index in [4.69, 9.17) is 32.7 Å². The number of hydrogen-bond donors (Lipinski definition) is 1. The molecule has 0 aliphatic heterocycles. The number of H-pyrrole nitrogens is 1. The van der Waals surface area contributed by atoms with Crippen molar-refractivity contribution in [2.75, 3.05) is 13.7 Å². The molecule has 1 aromatic heterocycles. The predicted molar refractivity (Wildman–Crippen MR) is 93.9 cm³/mol. The molecule has 0 aliphatic rings. The topological polar surface area (TPSA) is 47.1 Å². The van der Waals surface area contributed by atoms with E-state index in [0.29, 0.717) is 34.0 Å². The molecule has 4 nitrogen and oxygen atoms in total. The van der Waals surface area contributed by atoms with Crippen LogP contribution in [0.4, 0.5) is 0 Å². The van der Waals surface area contributed by atoms with E-state index in [2.05, 4.69) is 16.9 Å². The van der Waals surface area contributed by atoms with Crippen molar-refractivity contribution in [3.8, 4) is 22.9 Å². The van der Waals surface area contributed by atoms with Gasteiger partial charge in [0.1, 0.15) is 5.82 Å². The van der Waals surface area contributed by atoms with Crippen LogP contribution in [0.5, 0.6) is 11.5 Å². The van der Waals surface area contributed by atoms with Crippen molar-refractivity contribution in [3.05, 3.63) is 40.4 Å². The fourth-order valence-electron chi connectivity index (χ4n) is 2.35. The highest BCUT2D eigenvalue weighted by molar-refractivity contribution is 6.42. The number of hydrogen-bond acceptors (Lipinski definition) is 3. The second kappa shape index (κ2) is 6.69. The van der Waals surface area contributed by atoms with Crippen molar-refractivity contribution in [1.29, 1.82) is 0 Å². The molecule has 1 N–H and O–H groups in total. The number of aromatic amines is 1. The molecule has 3 aromatic rings. The summed E-state index contributed by atoms with van der Waals surface area (Å²) in [5.41, 5.74) is 2.40. The summed E-state index contributed by atoms with van der Waals surface area (Å²) in [5, 5.41) is 0.966. The first kappa shape index (κ1) is 16.0. The largest absolute Gasteiger partial charge is 0.493 e. The smallest absolute Gasteiger partial charge is 0.172 e. The third-order valence-electron chi connectivity index (χ3n) is 3.43. The number of halogens is 2. The minimum atomic E-state index is 0.477. The number of fused-ring (bicyclic) bond motifs is 1. The van der Waals surface area contributed by atoms with Crippen molar-refractivity contribution >= 4 is 34.2 Å². The molecule has 23 heavy (non-hydrogen) atoms. The van der Waals surface area contributed by atoms with Crippen LogP contribution in [0.3, 0.4) is 0 Å². The first-order chi connectivity index (χ1) is 11.1. The van der Waals surface area contributed by atoms with Crippen LogP contribution >= 0.6 is 23.2 Å². The average molecular weight is 351 g/mol. The molecule has 0 atom stereocenters. The highest BCUT2D eigenvalue weighted by Crippen LogP contribution is 2.38. The van der Waals surface area contributed by atoms with Gasteiger partial charge in [-0.05, 0) is 30.7 Å². The molecule has 0 radical (unpaired) electrons. The lowest BCUT2D eigenvalue weighted by molar-refractivity contribution is 0.295. The van der Waals surface area contributed by atoms with E-state index in [9.17, 15) is 0 Å². The predicted octanol–water partition coefficient (Wildman–Crippen LogP) is 5.33. The Bertz CT molecular complexity index is 807. The highest BCUT2D eigenvalue weighted by atomic mass is 35.5. The quantitative estimate of drug-likeness (QED) is 0.675. The van der Waals surface area contributed by atoms with Crippen LogP contribution in [0, 0.1) is 0 Å². The maximum atomic E-state index is 6.07. The second-order valence-electron chi connectivity index (χ2n) is 5.05.